The first-order valence-corrected chi connectivity index (χ1v) is 6.78. The van der Waals surface area contributed by atoms with Crippen LogP contribution in [0.25, 0.3) is 0 Å². The van der Waals surface area contributed by atoms with Gasteiger partial charge in [0.2, 0.25) is 0 Å². The van der Waals surface area contributed by atoms with Crippen LogP contribution in [0.3, 0.4) is 0 Å². The van der Waals surface area contributed by atoms with Gasteiger partial charge < -0.3 is 10.6 Å². The molecule has 0 aliphatic rings. The lowest BCUT2D eigenvalue weighted by molar-refractivity contribution is 0.614. The van der Waals surface area contributed by atoms with Crippen LogP contribution in [0.2, 0.25) is 5.02 Å². The molecule has 0 aliphatic carbocycles. The van der Waals surface area contributed by atoms with E-state index < -0.39 is 5.82 Å². The van der Waals surface area contributed by atoms with Crippen LogP contribution < -0.4 is 10.6 Å². The lowest BCUT2D eigenvalue weighted by Gasteiger charge is -2.28. The predicted molar refractivity (Wildman–Crippen MR) is 77.0 cm³/mol. The zero-order valence-corrected chi connectivity index (χ0v) is 11.7. The van der Waals surface area contributed by atoms with E-state index in [9.17, 15) is 4.39 Å². The lowest BCUT2D eigenvalue weighted by atomic mass is 10.2. The van der Waals surface area contributed by atoms with Crippen molar-refractivity contribution in [3.8, 4) is 0 Å². The lowest BCUT2D eigenvalue weighted by Crippen LogP contribution is -2.23. The maximum Gasteiger partial charge on any atom is 0.167 e. The Hall–Kier alpha value is -1.26. The Morgan fingerprint density at radius 3 is 2.72 bits per heavy atom. The minimum Gasteiger partial charge on any atom is -0.397 e. The molecule has 0 saturated carbocycles. The third-order valence-corrected chi connectivity index (χ3v) is 4.32. The summed E-state index contributed by atoms with van der Waals surface area (Å²) in [5.41, 5.74) is 6.59. The highest BCUT2D eigenvalue weighted by Gasteiger charge is 2.20. The van der Waals surface area contributed by atoms with Gasteiger partial charge in [0.15, 0.2) is 5.82 Å². The van der Waals surface area contributed by atoms with Crippen molar-refractivity contribution in [3.63, 3.8) is 0 Å². The molecule has 0 amide bonds. The molecule has 0 saturated heterocycles. The molecule has 96 valence electrons. The van der Waals surface area contributed by atoms with Crippen LogP contribution in [0, 0.1) is 5.82 Å². The minimum absolute atomic E-state index is 0.0419. The molecule has 1 heterocycles. The SMILES string of the molecule is CC(c1cccs1)N(C)c1c(N)ccc(Cl)c1F. The molecule has 2 aromatic rings. The molecule has 0 fully saturated rings. The molecule has 0 bridgehead atoms. The number of thiophene rings is 1. The van der Waals surface area contributed by atoms with Gasteiger partial charge in [-0.1, -0.05) is 17.7 Å². The number of nitrogen functional groups attached to an aromatic ring is 1. The highest BCUT2D eigenvalue weighted by atomic mass is 35.5. The Morgan fingerprint density at radius 2 is 2.11 bits per heavy atom. The summed E-state index contributed by atoms with van der Waals surface area (Å²) in [4.78, 5) is 2.96. The van der Waals surface area contributed by atoms with Crippen LogP contribution >= 0.6 is 22.9 Å². The summed E-state index contributed by atoms with van der Waals surface area (Å²) >= 11 is 7.44. The molecule has 1 unspecified atom stereocenters. The van der Waals surface area contributed by atoms with E-state index in [1.807, 2.05) is 36.4 Å². The molecule has 2 nitrogen and oxygen atoms in total. The highest BCUT2D eigenvalue weighted by Crippen LogP contribution is 2.36. The average Bonchev–Trinajstić information content (AvgIpc) is 2.87. The monoisotopic (exact) mass is 284 g/mol. The molecule has 18 heavy (non-hydrogen) atoms. The van der Waals surface area contributed by atoms with Crippen molar-refractivity contribution in [3.05, 3.63) is 45.4 Å². The number of halogens is 2. The van der Waals surface area contributed by atoms with Crippen LogP contribution in [0.15, 0.2) is 29.6 Å². The number of benzene rings is 1. The third-order valence-electron chi connectivity index (χ3n) is 2.99. The van der Waals surface area contributed by atoms with E-state index in [0.29, 0.717) is 11.4 Å². The topological polar surface area (TPSA) is 29.3 Å². The van der Waals surface area contributed by atoms with Crippen molar-refractivity contribution < 1.29 is 4.39 Å². The summed E-state index contributed by atoms with van der Waals surface area (Å²) in [6.45, 7) is 2.01. The fraction of sp³-hybridized carbons (Fsp3) is 0.231. The van der Waals surface area contributed by atoms with Crippen molar-refractivity contribution in [2.45, 2.75) is 13.0 Å². The number of hydrogen-bond acceptors (Lipinski definition) is 3. The standard InChI is InChI=1S/C13H14ClFN2S/c1-8(11-4-3-7-18-11)17(2)13-10(16)6-5-9(14)12(13)15/h3-8H,16H2,1-2H3. The van der Waals surface area contributed by atoms with E-state index in [2.05, 4.69) is 0 Å². The second-order valence-electron chi connectivity index (χ2n) is 4.10. The number of rotatable bonds is 3. The van der Waals surface area contributed by atoms with Gasteiger partial charge in [0, 0.05) is 11.9 Å². The minimum atomic E-state index is -0.470. The van der Waals surface area contributed by atoms with Crippen molar-refractivity contribution >= 4 is 34.3 Å². The largest absolute Gasteiger partial charge is 0.397 e. The second kappa shape index (κ2) is 5.16. The highest BCUT2D eigenvalue weighted by molar-refractivity contribution is 7.10. The normalized spacial score (nSPS) is 12.4. The van der Waals surface area contributed by atoms with Crippen LogP contribution in [0.4, 0.5) is 15.8 Å². The van der Waals surface area contributed by atoms with Crippen LogP contribution in [0.1, 0.15) is 17.8 Å². The van der Waals surface area contributed by atoms with Gasteiger partial charge in [0.05, 0.1) is 22.4 Å². The van der Waals surface area contributed by atoms with Gasteiger partial charge in [-0.05, 0) is 30.5 Å². The first kappa shape index (κ1) is 13.2. The first-order valence-electron chi connectivity index (χ1n) is 5.52. The van der Waals surface area contributed by atoms with Gasteiger partial charge in [-0.2, -0.15) is 0 Å². The van der Waals surface area contributed by atoms with Crippen LogP contribution in [-0.2, 0) is 0 Å². The fourth-order valence-electron chi connectivity index (χ4n) is 1.83. The Morgan fingerprint density at radius 1 is 1.39 bits per heavy atom. The maximum absolute atomic E-state index is 14.1. The van der Waals surface area contributed by atoms with Gasteiger partial charge in [-0.25, -0.2) is 4.39 Å². The summed E-state index contributed by atoms with van der Waals surface area (Å²) in [5, 5.41) is 2.08. The van der Waals surface area contributed by atoms with Gasteiger partial charge in [-0.15, -0.1) is 11.3 Å². The molecule has 1 atom stereocenters. The Balaban J connectivity index is 2.40. The molecule has 1 aromatic carbocycles. The van der Waals surface area contributed by atoms with Crippen molar-refractivity contribution in [1.29, 1.82) is 0 Å². The van der Waals surface area contributed by atoms with Gasteiger partial charge >= 0.3 is 0 Å². The molecule has 0 radical (unpaired) electrons. The zero-order valence-electron chi connectivity index (χ0n) is 10.2. The predicted octanol–water partition coefficient (Wildman–Crippen LogP) is 4.32. The Kier molecular flexibility index (Phi) is 3.78. The quantitative estimate of drug-likeness (QED) is 0.851. The molecular weight excluding hydrogens is 271 g/mol. The van der Waals surface area contributed by atoms with Crippen molar-refractivity contribution in [2.24, 2.45) is 0 Å². The van der Waals surface area contributed by atoms with E-state index >= 15 is 0 Å². The fourth-order valence-corrected chi connectivity index (χ4v) is 2.81. The van der Waals surface area contributed by atoms with Gasteiger partial charge in [0.1, 0.15) is 0 Å². The molecule has 1 aromatic heterocycles. The summed E-state index contributed by atoms with van der Waals surface area (Å²) < 4.78 is 14.1. The van der Waals surface area contributed by atoms with Crippen LogP contribution in [-0.4, -0.2) is 7.05 Å². The van der Waals surface area contributed by atoms with E-state index in [4.69, 9.17) is 17.3 Å². The summed E-state index contributed by atoms with van der Waals surface area (Å²) in [7, 11) is 1.81. The van der Waals surface area contributed by atoms with Gasteiger partial charge in [-0.3, -0.25) is 0 Å². The average molecular weight is 285 g/mol. The van der Waals surface area contributed by atoms with E-state index in [-0.39, 0.29) is 11.1 Å². The molecule has 0 aliphatic heterocycles. The maximum atomic E-state index is 14.1. The molecule has 2 N–H and O–H groups in total. The smallest absolute Gasteiger partial charge is 0.167 e. The zero-order chi connectivity index (χ0) is 13.3. The number of anilines is 2. The first-order chi connectivity index (χ1) is 8.52. The molecule has 0 spiro atoms. The number of hydrogen-bond donors (Lipinski definition) is 1. The summed E-state index contributed by atoms with van der Waals surface area (Å²) in [6.07, 6.45) is 0. The van der Waals surface area contributed by atoms with E-state index in [1.165, 1.54) is 6.07 Å². The van der Waals surface area contributed by atoms with Crippen molar-refractivity contribution in [1.82, 2.24) is 0 Å². The van der Waals surface area contributed by atoms with Crippen LogP contribution in [0.5, 0.6) is 0 Å². The molecule has 2 rings (SSSR count). The van der Waals surface area contributed by atoms with E-state index in [1.54, 1.807) is 17.4 Å². The van der Waals surface area contributed by atoms with E-state index in [0.717, 1.165) is 4.88 Å². The Bertz CT molecular complexity index is 542. The summed E-state index contributed by atoms with van der Waals surface area (Å²) in [6, 6.07) is 7.13. The second-order valence-corrected chi connectivity index (χ2v) is 5.49. The number of nitrogens with two attached hydrogens (primary N) is 1. The number of nitrogens with zero attached hydrogens (tertiary/aromatic N) is 1. The Labute approximate surface area is 115 Å². The van der Waals surface area contributed by atoms with Gasteiger partial charge in [0.25, 0.3) is 0 Å². The molecule has 5 heteroatoms. The molecular formula is C13H14ClFN2S. The summed E-state index contributed by atoms with van der Waals surface area (Å²) in [5.74, 6) is -0.470. The third kappa shape index (κ3) is 2.31. The van der Waals surface area contributed by atoms with Crippen molar-refractivity contribution in [2.75, 3.05) is 17.7 Å².